The molecule has 5 nitrogen and oxygen atoms in total. The van der Waals surface area contributed by atoms with Crippen molar-refractivity contribution < 1.29 is 14.3 Å². The average molecular weight is 344 g/mol. The zero-order valence-electron chi connectivity index (χ0n) is 14.9. The first-order chi connectivity index (χ1) is 12.3. The van der Waals surface area contributed by atoms with Crippen molar-refractivity contribution >= 4 is 11.6 Å². The molecule has 25 heavy (non-hydrogen) atoms. The van der Waals surface area contributed by atoms with Gasteiger partial charge in [0.2, 0.25) is 0 Å². The molecule has 0 bridgehead atoms. The molecule has 0 radical (unpaired) electrons. The molecular weight excluding hydrogens is 316 g/mol. The molecule has 1 saturated heterocycles. The summed E-state index contributed by atoms with van der Waals surface area (Å²) in [7, 11) is 0. The Labute approximate surface area is 149 Å². The van der Waals surface area contributed by atoms with Gasteiger partial charge in [-0.3, -0.25) is 4.79 Å². The van der Waals surface area contributed by atoms with E-state index in [-0.39, 0.29) is 12.5 Å². The molecule has 2 heterocycles. The van der Waals surface area contributed by atoms with Crippen molar-refractivity contribution in [3.8, 4) is 5.75 Å². The van der Waals surface area contributed by atoms with E-state index in [0.717, 1.165) is 69.4 Å². The van der Waals surface area contributed by atoms with Crippen LogP contribution in [0.1, 0.15) is 32.1 Å². The third kappa shape index (κ3) is 4.33. The third-order valence-corrected chi connectivity index (χ3v) is 5.46. The fraction of sp³-hybridized carbons (Fsp3) is 0.650. The Morgan fingerprint density at radius 2 is 1.88 bits per heavy atom. The number of likely N-dealkylation sites (tertiary alicyclic amines) is 1. The Hall–Kier alpha value is -1.59. The van der Waals surface area contributed by atoms with Crippen LogP contribution in [-0.4, -0.2) is 56.3 Å². The van der Waals surface area contributed by atoms with Crippen LogP contribution in [0.2, 0.25) is 0 Å². The molecule has 1 amide bonds. The summed E-state index contributed by atoms with van der Waals surface area (Å²) in [6, 6.07) is 7.80. The van der Waals surface area contributed by atoms with Gasteiger partial charge in [0.25, 0.3) is 5.91 Å². The molecule has 1 aromatic carbocycles. The van der Waals surface area contributed by atoms with Crippen LogP contribution in [-0.2, 0) is 9.53 Å². The smallest absolute Gasteiger partial charge is 0.265 e. The number of benzene rings is 1. The van der Waals surface area contributed by atoms with Gasteiger partial charge in [0.15, 0.2) is 6.61 Å². The molecule has 0 aromatic heterocycles. The lowest BCUT2D eigenvalue weighted by atomic mass is 10.1. The first-order valence-electron chi connectivity index (χ1n) is 9.66. The normalized spacial score (nSPS) is 21.9. The summed E-state index contributed by atoms with van der Waals surface area (Å²) in [5, 5.41) is 0. The number of carbonyl (C=O) groups excluding carboxylic acids is 1. The number of anilines is 1. The number of nitrogens with zero attached hydrogens (tertiary/aromatic N) is 2. The third-order valence-electron chi connectivity index (χ3n) is 5.46. The van der Waals surface area contributed by atoms with Gasteiger partial charge in [-0.2, -0.15) is 0 Å². The van der Waals surface area contributed by atoms with E-state index in [1.807, 2.05) is 29.2 Å². The fourth-order valence-electron chi connectivity index (χ4n) is 3.71. The highest BCUT2D eigenvalue weighted by Gasteiger charge is 2.27. The molecule has 3 aliphatic rings. The molecule has 1 aliphatic carbocycles. The summed E-state index contributed by atoms with van der Waals surface area (Å²) in [6.07, 6.45) is 6.47. The van der Waals surface area contributed by atoms with Crippen molar-refractivity contribution in [2.24, 2.45) is 5.92 Å². The number of amides is 1. The number of rotatable bonds is 7. The highest BCUT2D eigenvalue weighted by atomic mass is 16.5. The van der Waals surface area contributed by atoms with Crippen LogP contribution >= 0.6 is 0 Å². The minimum absolute atomic E-state index is 0.0610. The number of para-hydroxylation sites is 2. The van der Waals surface area contributed by atoms with Crippen LogP contribution in [0, 0.1) is 5.92 Å². The Morgan fingerprint density at radius 1 is 1.08 bits per heavy atom. The summed E-state index contributed by atoms with van der Waals surface area (Å²) in [5.41, 5.74) is 0.908. The maximum atomic E-state index is 12.2. The molecule has 2 aliphatic heterocycles. The summed E-state index contributed by atoms with van der Waals surface area (Å²) in [5.74, 6) is 1.73. The minimum atomic E-state index is 0.0610. The van der Waals surface area contributed by atoms with Gasteiger partial charge in [0.05, 0.1) is 11.8 Å². The van der Waals surface area contributed by atoms with Gasteiger partial charge in [-0.05, 0) is 56.7 Å². The fourth-order valence-corrected chi connectivity index (χ4v) is 3.71. The van der Waals surface area contributed by atoms with Crippen molar-refractivity contribution in [1.29, 1.82) is 0 Å². The van der Waals surface area contributed by atoms with Crippen LogP contribution in [0.3, 0.4) is 0 Å². The SMILES string of the molecule is O=C1COc2ccccc2N1CCCN1CCC(OCC2CC2)CC1. The van der Waals surface area contributed by atoms with Crippen molar-refractivity contribution in [3.63, 3.8) is 0 Å². The number of hydrogen-bond donors (Lipinski definition) is 0. The lowest BCUT2D eigenvalue weighted by Gasteiger charge is -2.33. The van der Waals surface area contributed by atoms with Crippen molar-refractivity contribution in [1.82, 2.24) is 4.90 Å². The Morgan fingerprint density at radius 3 is 2.68 bits per heavy atom. The van der Waals surface area contributed by atoms with E-state index in [1.165, 1.54) is 12.8 Å². The summed E-state index contributed by atoms with van der Waals surface area (Å²) >= 11 is 0. The van der Waals surface area contributed by atoms with E-state index in [2.05, 4.69) is 4.90 Å². The number of fused-ring (bicyclic) bond motifs is 1. The van der Waals surface area contributed by atoms with Crippen molar-refractivity contribution in [2.45, 2.75) is 38.2 Å². The molecule has 0 spiro atoms. The van der Waals surface area contributed by atoms with Crippen LogP contribution in [0.25, 0.3) is 0 Å². The monoisotopic (exact) mass is 344 g/mol. The lowest BCUT2D eigenvalue weighted by Crippen LogP contribution is -2.42. The second-order valence-corrected chi connectivity index (χ2v) is 7.47. The molecule has 136 valence electrons. The molecule has 4 rings (SSSR count). The summed E-state index contributed by atoms with van der Waals surface area (Å²) in [4.78, 5) is 16.6. The standard InChI is InChI=1S/C20H28N2O3/c23-20-15-25-19-5-2-1-4-18(19)22(20)11-3-10-21-12-8-17(9-13-21)24-14-16-6-7-16/h1-2,4-5,16-17H,3,6-15H2. The summed E-state index contributed by atoms with van der Waals surface area (Å²) < 4.78 is 11.5. The first kappa shape index (κ1) is 16.9. The topological polar surface area (TPSA) is 42.0 Å². The predicted molar refractivity (Wildman–Crippen MR) is 97.0 cm³/mol. The Bertz CT molecular complexity index is 594. The molecule has 0 atom stereocenters. The van der Waals surface area contributed by atoms with E-state index in [1.54, 1.807) is 0 Å². The molecule has 0 N–H and O–H groups in total. The second kappa shape index (κ2) is 7.75. The number of carbonyl (C=O) groups is 1. The van der Waals surface area contributed by atoms with E-state index in [4.69, 9.17) is 9.47 Å². The highest BCUT2D eigenvalue weighted by Crippen LogP contribution is 2.32. The van der Waals surface area contributed by atoms with E-state index in [9.17, 15) is 4.79 Å². The maximum absolute atomic E-state index is 12.2. The Balaban J connectivity index is 1.20. The van der Waals surface area contributed by atoms with Crippen LogP contribution in [0.4, 0.5) is 5.69 Å². The zero-order chi connectivity index (χ0) is 17.1. The number of ether oxygens (including phenoxy) is 2. The minimum Gasteiger partial charge on any atom is -0.482 e. The molecule has 0 unspecified atom stereocenters. The van der Waals surface area contributed by atoms with Gasteiger partial charge < -0.3 is 19.3 Å². The average Bonchev–Trinajstić information content (AvgIpc) is 3.47. The van der Waals surface area contributed by atoms with Gasteiger partial charge in [0, 0.05) is 26.2 Å². The van der Waals surface area contributed by atoms with Gasteiger partial charge >= 0.3 is 0 Å². The first-order valence-corrected chi connectivity index (χ1v) is 9.66. The molecule has 5 heteroatoms. The molecule has 1 saturated carbocycles. The van der Waals surface area contributed by atoms with Crippen LogP contribution in [0.15, 0.2) is 24.3 Å². The van der Waals surface area contributed by atoms with E-state index >= 15 is 0 Å². The predicted octanol–water partition coefficient (Wildman–Crippen LogP) is 2.69. The number of hydrogen-bond acceptors (Lipinski definition) is 4. The van der Waals surface area contributed by atoms with E-state index in [0.29, 0.717) is 6.10 Å². The number of piperidine rings is 1. The summed E-state index contributed by atoms with van der Waals surface area (Å²) in [6.45, 7) is 5.16. The van der Waals surface area contributed by atoms with Gasteiger partial charge in [0.1, 0.15) is 5.75 Å². The van der Waals surface area contributed by atoms with Crippen LogP contribution < -0.4 is 9.64 Å². The maximum Gasteiger partial charge on any atom is 0.265 e. The lowest BCUT2D eigenvalue weighted by molar-refractivity contribution is -0.121. The highest BCUT2D eigenvalue weighted by molar-refractivity contribution is 5.97. The van der Waals surface area contributed by atoms with Crippen LogP contribution in [0.5, 0.6) is 5.75 Å². The molecule has 1 aromatic rings. The van der Waals surface area contributed by atoms with Crippen molar-refractivity contribution in [3.05, 3.63) is 24.3 Å². The van der Waals surface area contributed by atoms with Crippen molar-refractivity contribution in [2.75, 3.05) is 44.3 Å². The largest absolute Gasteiger partial charge is 0.482 e. The zero-order valence-corrected chi connectivity index (χ0v) is 14.9. The van der Waals surface area contributed by atoms with Gasteiger partial charge in [-0.25, -0.2) is 0 Å². The van der Waals surface area contributed by atoms with Gasteiger partial charge in [-0.15, -0.1) is 0 Å². The molecular formula is C20H28N2O3. The van der Waals surface area contributed by atoms with E-state index < -0.39 is 0 Å². The molecule has 2 fully saturated rings. The second-order valence-electron chi connectivity index (χ2n) is 7.47. The van der Waals surface area contributed by atoms with Gasteiger partial charge in [-0.1, -0.05) is 12.1 Å². The quantitative estimate of drug-likeness (QED) is 0.763. The Kier molecular flexibility index (Phi) is 5.22.